The van der Waals surface area contributed by atoms with Crippen LogP contribution in [0.1, 0.15) is 44.1 Å². The Hall–Kier alpha value is -1.80. The minimum absolute atomic E-state index is 0.0718. The highest BCUT2D eigenvalue weighted by atomic mass is 35.5. The van der Waals surface area contributed by atoms with Crippen LogP contribution in [0, 0.1) is 12.3 Å². The van der Waals surface area contributed by atoms with E-state index >= 15 is 0 Å². The Bertz CT molecular complexity index is 1170. The van der Waals surface area contributed by atoms with Crippen LogP contribution in [-0.2, 0) is 14.8 Å². The summed E-state index contributed by atoms with van der Waals surface area (Å²) < 4.78 is 34.7. The lowest BCUT2D eigenvalue weighted by molar-refractivity contribution is -0.136. The quantitative estimate of drug-likeness (QED) is 0.463. The summed E-state index contributed by atoms with van der Waals surface area (Å²) in [5.74, 6) is 0.731. The molecule has 0 saturated carbocycles. The molecule has 6 nitrogen and oxygen atoms in total. The number of halogens is 2. The largest absolute Gasteiger partial charge is 0.493 e. The highest BCUT2D eigenvalue weighted by molar-refractivity contribution is 7.89. The number of rotatable bonds is 7. The second-order valence-electron chi connectivity index (χ2n) is 9.72. The average molecular weight is 540 g/mol. The average Bonchev–Trinajstić information content (AvgIpc) is 2.85. The van der Waals surface area contributed by atoms with Crippen LogP contribution < -0.4 is 4.74 Å². The Morgan fingerprint density at radius 2 is 1.80 bits per heavy atom. The summed E-state index contributed by atoms with van der Waals surface area (Å²) in [6.07, 6.45) is 4.76. The van der Waals surface area contributed by atoms with Gasteiger partial charge in [-0.3, -0.25) is 4.79 Å². The first-order valence-corrected chi connectivity index (χ1v) is 14.3. The van der Waals surface area contributed by atoms with Crippen LogP contribution in [0.25, 0.3) is 0 Å². The van der Waals surface area contributed by atoms with Gasteiger partial charge < -0.3 is 9.64 Å². The molecule has 0 N–H and O–H groups in total. The predicted octanol–water partition coefficient (Wildman–Crippen LogP) is 5.55. The molecule has 9 heteroatoms. The van der Waals surface area contributed by atoms with Gasteiger partial charge in [0.2, 0.25) is 15.9 Å². The number of carbonyl (C=O) groups is 1. The smallest absolute Gasteiger partial charge is 0.243 e. The van der Waals surface area contributed by atoms with Crippen molar-refractivity contribution in [1.29, 1.82) is 0 Å². The molecule has 2 aromatic rings. The van der Waals surface area contributed by atoms with Crippen LogP contribution >= 0.6 is 23.2 Å². The Kier molecular flexibility index (Phi) is 8.31. The van der Waals surface area contributed by atoms with Gasteiger partial charge in [-0.25, -0.2) is 8.42 Å². The van der Waals surface area contributed by atoms with Gasteiger partial charge in [-0.05, 0) is 81.0 Å². The third kappa shape index (κ3) is 6.31. The molecule has 1 atom stereocenters. The molecule has 2 fully saturated rings. The number of nitrogens with zero attached hydrogens (tertiary/aromatic N) is 2. The van der Waals surface area contributed by atoms with Gasteiger partial charge in [0.15, 0.2) is 0 Å². The molecule has 35 heavy (non-hydrogen) atoms. The molecule has 0 unspecified atom stereocenters. The maximum atomic E-state index is 13.5. The van der Waals surface area contributed by atoms with Crippen molar-refractivity contribution < 1.29 is 17.9 Å². The van der Waals surface area contributed by atoms with Crippen molar-refractivity contribution in [3.63, 3.8) is 0 Å². The number of hydrogen-bond donors (Lipinski definition) is 0. The Balaban J connectivity index is 1.59. The molecule has 0 bridgehead atoms. The monoisotopic (exact) mass is 538 g/mol. The summed E-state index contributed by atoms with van der Waals surface area (Å²) in [7, 11) is -3.76. The second-order valence-corrected chi connectivity index (χ2v) is 12.5. The van der Waals surface area contributed by atoms with Gasteiger partial charge >= 0.3 is 0 Å². The van der Waals surface area contributed by atoms with Crippen molar-refractivity contribution in [3.8, 4) is 5.75 Å². The number of benzene rings is 2. The zero-order valence-electron chi connectivity index (χ0n) is 20.0. The zero-order valence-corrected chi connectivity index (χ0v) is 22.3. The lowest BCUT2D eigenvalue weighted by Crippen LogP contribution is -2.51. The first-order chi connectivity index (χ1) is 16.7. The molecule has 2 aliphatic heterocycles. The molecule has 4 rings (SSSR count). The lowest BCUT2D eigenvalue weighted by Gasteiger charge is -2.42. The molecular formula is C26H32Cl2N2O4S. The van der Waals surface area contributed by atoms with Gasteiger partial charge in [-0.15, -0.1) is 0 Å². The normalized spacial score (nSPS) is 21.6. The number of ether oxygens (including phenoxy) is 1. The van der Waals surface area contributed by atoms with Gasteiger partial charge in [0, 0.05) is 48.1 Å². The molecule has 1 amide bonds. The molecule has 2 saturated heterocycles. The number of hydrogen-bond acceptors (Lipinski definition) is 4. The van der Waals surface area contributed by atoms with E-state index in [0.29, 0.717) is 35.2 Å². The van der Waals surface area contributed by atoms with Crippen LogP contribution in [0.15, 0.2) is 47.4 Å². The van der Waals surface area contributed by atoms with E-state index < -0.39 is 15.4 Å². The van der Waals surface area contributed by atoms with Crippen LogP contribution in [0.3, 0.4) is 0 Å². The molecular weight excluding hydrogens is 507 g/mol. The summed E-state index contributed by atoms with van der Waals surface area (Å²) in [5, 5.41) is 1.03. The molecule has 0 aliphatic carbocycles. The first kappa shape index (κ1) is 26.3. The molecule has 2 aromatic carbocycles. The van der Waals surface area contributed by atoms with Gasteiger partial charge in [0.1, 0.15) is 5.75 Å². The van der Waals surface area contributed by atoms with E-state index in [-0.39, 0.29) is 30.4 Å². The summed E-state index contributed by atoms with van der Waals surface area (Å²) in [4.78, 5) is 15.4. The SMILES string of the molecule is Cc1cc(OC[C@]2(CC(=O)N3CCCCC3)CCCN(S(=O)(=O)c3cccc(Cl)c3)C2)ccc1Cl. The number of amides is 1. The van der Waals surface area contributed by atoms with Crippen LogP contribution in [0.5, 0.6) is 5.75 Å². The maximum Gasteiger partial charge on any atom is 0.243 e. The number of sulfonamides is 1. The maximum absolute atomic E-state index is 13.5. The van der Waals surface area contributed by atoms with E-state index in [4.69, 9.17) is 27.9 Å². The summed E-state index contributed by atoms with van der Waals surface area (Å²) in [6, 6.07) is 11.8. The number of carbonyl (C=O) groups excluding carboxylic acids is 1. The first-order valence-electron chi connectivity index (χ1n) is 12.1. The molecule has 2 aliphatic rings. The Morgan fingerprint density at radius 1 is 1.03 bits per heavy atom. The topological polar surface area (TPSA) is 66.9 Å². The van der Waals surface area contributed by atoms with E-state index in [1.54, 1.807) is 30.3 Å². The van der Waals surface area contributed by atoms with E-state index in [1.807, 2.05) is 17.9 Å². The van der Waals surface area contributed by atoms with Gasteiger partial charge in [-0.2, -0.15) is 4.31 Å². The molecule has 2 heterocycles. The lowest BCUT2D eigenvalue weighted by atomic mass is 9.78. The summed E-state index contributed by atoms with van der Waals surface area (Å²) in [6.45, 7) is 4.29. The molecule has 0 spiro atoms. The number of piperidine rings is 2. The van der Waals surface area contributed by atoms with E-state index in [1.165, 1.54) is 10.4 Å². The van der Waals surface area contributed by atoms with Gasteiger partial charge in [0.05, 0.1) is 11.5 Å². The summed E-state index contributed by atoms with van der Waals surface area (Å²) >= 11 is 12.2. The van der Waals surface area contributed by atoms with Gasteiger partial charge in [0.25, 0.3) is 0 Å². The predicted molar refractivity (Wildman–Crippen MR) is 139 cm³/mol. The Labute approximate surface area is 218 Å². The minimum atomic E-state index is -3.76. The van der Waals surface area contributed by atoms with Crippen LogP contribution in [0.4, 0.5) is 0 Å². The van der Waals surface area contributed by atoms with Crippen LogP contribution in [0.2, 0.25) is 10.0 Å². The minimum Gasteiger partial charge on any atom is -0.493 e. The van der Waals surface area contributed by atoms with Crippen molar-refractivity contribution in [1.82, 2.24) is 9.21 Å². The number of aryl methyl sites for hydroxylation is 1. The number of likely N-dealkylation sites (tertiary alicyclic amines) is 1. The molecule has 0 aromatic heterocycles. The van der Waals surface area contributed by atoms with Crippen molar-refractivity contribution in [2.45, 2.75) is 50.3 Å². The fraction of sp³-hybridized carbons (Fsp3) is 0.500. The second kappa shape index (κ2) is 11.1. The van der Waals surface area contributed by atoms with E-state index in [2.05, 4.69) is 0 Å². The van der Waals surface area contributed by atoms with E-state index in [0.717, 1.165) is 37.9 Å². The van der Waals surface area contributed by atoms with Crippen molar-refractivity contribution in [2.24, 2.45) is 5.41 Å². The summed E-state index contributed by atoms with van der Waals surface area (Å²) in [5.41, 5.74) is 0.266. The highest BCUT2D eigenvalue weighted by Crippen LogP contribution is 2.38. The standard InChI is InChI=1S/C26H32Cl2N2O4S/c1-20-15-22(9-10-24(20)28)34-19-26(17-25(31)29-12-3-2-4-13-29)11-6-14-30(18-26)35(32,33)23-8-5-7-21(27)16-23/h5,7-10,15-16H,2-4,6,11-14,17-19H2,1H3/t26-/m0/s1. The van der Waals surface area contributed by atoms with Crippen molar-refractivity contribution in [3.05, 3.63) is 58.1 Å². The highest BCUT2D eigenvalue weighted by Gasteiger charge is 2.43. The Morgan fingerprint density at radius 3 is 2.51 bits per heavy atom. The van der Waals surface area contributed by atoms with Gasteiger partial charge in [-0.1, -0.05) is 29.3 Å². The molecule has 190 valence electrons. The van der Waals surface area contributed by atoms with Crippen molar-refractivity contribution in [2.75, 3.05) is 32.8 Å². The zero-order chi connectivity index (χ0) is 25.1. The fourth-order valence-corrected chi connectivity index (χ4v) is 6.99. The van der Waals surface area contributed by atoms with Crippen LogP contribution in [-0.4, -0.2) is 56.3 Å². The van der Waals surface area contributed by atoms with Crippen molar-refractivity contribution >= 4 is 39.1 Å². The molecule has 0 radical (unpaired) electrons. The fourth-order valence-electron chi connectivity index (χ4n) is 4.98. The van der Waals surface area contributed by atoms with E-state index in [9.17, 15) is 13.2 Å². The third-order valence-corrected chi connectivity index (χ3v) is 9.47. The third-order valence-electron chi connectivity index (χ3n) is 6.97.